The summed E-state index contributed by atoms with van der Waals surface area (Å²) in [5, 5.41) is 8.89. The van der Waals surface area contributed by atoms with Gasteiger partial charge in [-0.3, -0.25) is 4.79 Å². The fourth-order valence-corrected chi connectivity index (χ4v) is 3.70. The van der Waals surface area contributed by atoms with Gasteiger partial charge in [0.15, 0.2) is 0 Å². The summed E-state index contributed by atoms with van der Waals surface area (Å²) in [6.07, 6.45) is 1.09. The SMILES string of the molecule is O=C(NCc1cccc2ccccc12)c1ccccc1[C@H]1CCNC1. The summed E-state index contributed by atoms with van der Waals surface area (Å²) in [5.41, 5.74) is 3.10. The highest BCUT2D eigenvalue weighted by molar-refractivity contribution is 5.96. The van der Waals surface area contributed by atoms with E-state index in [2.05, 4.69) is 41.0 Å². The molecule has 4 rings (SSSR count). The number of benzene rings is 3. The van der Waals surface area contributed by atoms with Gasteiger partial charge in [-0.25, -0.2) is 0 Å². The van der Waals surface area contributed by atoms with Gasteiger partial charge in [-0.15, -0.1) is 0 Å². The lowest BCUT2D eigenvalue weighted by Gasteiger charge is -2.15. The van der Waals surface area contributed by atoms with Gasteiger partial charge in [0.25, 0.3) is 5.91 Å². The number of carbonyl (C=O) groups is 1. The minimum absolute atomic E-state index is 0.00966. The van der Waals surface area contributed by atoms with Crippen LogP contribution in [0.3, 0.4) is 0 Å². The molecule has 1 heterocycles. The number of fused-ring (bicyclic) bond motifs is 1. The third-order valence-electron chi connectivity index (χ3n) is 5.02. The second-order valence-electron chi connectivity index (χ2n) is 6.60. The van der Waals surface area contributed by atoms with Crippen molar-refractivity contribution in [3.63, 3.8) is 0 Å². The molecule has 1 aliphatic rings. The smallest absolute Gasteiger partial charge is 0.251 e. The van der Waals surface area contributed by atoms with Gasteiger partial charge in [0.2, 0.25) is 0 Å². The first kappa shape index (κ1) is 15.9. The molecular weight excluding hydrogens is 308 g/mol. The molecule has 126 valence electrons. The molecule has 1 aliphatic heterocycles. The van der Waals surface area contributed by atoms with Crippen molar-refractivity contribution < 1.29 is 4.79 Å². The van der Waals surface area contributed by atoms with Gasteiger partial charge in [-0.2, -0.15) is 0 Å². The van der Waals surface area contributed by atoms with E-state index in [4.69, 9.17) is 0 Å². The summed E-state index contributed by atoms with van der Waals surface area (Å²) in [6.45, 7) is 2.52. The van der Waals surface area contributed by atoms with E-state index in [0.29, 0.717) is 12.5 Å². The number of amides is 1. The van der Waals surface area contributed by atoms with Gasteiger partial charge in [-0.1, -0.05) is 60.7 Å². The third kappa shape index (κ3) is 3.28. The molecule has 3 nitrogen and oxygen atoms in total. The lowest BCUT2D eigenvalue weighted by Crippen LogP contribution is -2.25. The maximum absolute atomic E-state index is 12.8. The molecule has 1 saturated heterocycles. The molecule has 0 bridgehead atoms. The first-order chi connectivity index (χ1) is 12.3. The molecule has 1 fully saturated rings. The van der Waals surface area contributed by atoms with Gasteiger partial charge in [0.05, 0.1) is 0 Å². The average molecular weight is 330 g/mol. The first-order valence-electron chi connectivity index (χ1n) is 8.87. The molecule has 3 aromatic carbocycles. The quantitative estimate of drug-likeness (QED) is 0.763. The Labute approximate surface area is 148 Å². The molecule has 3 aromatic rings. The Balaban J connectivity index is 1.55. The molecule has 0 radical (unpaired) electrons. The van der Waals surface area contributed by atoms with Gasteiger partial charge < -0.3 is 10.6 Å². The molecule has 0 spiro atoms. The van der Waals surface area contributed by atoms with E-state index in [1.54, 1.807) is 0 Å². The van der Waals surface area contributed by atoms with Crippen LogP contribution in [0.1, 0.15) is 33.8 Å². The van der Waals surface area contributed by atoms with Crippen LogP contribution in [-0.4, -0.2) is 19.0 Å². The molecular formula is C22H22N2O. The van der Waals surface area contributed by atoms with Crippen molar-refractivity contribution in [3.8, 4) is 0 Å². The minimum atomic E-state index is 0.00966. The number of rotatable bonds is 4. The summed E-state index contributed by atoms with van der Waals surface area (Å²) in [6, 6.07) is 22.5. The Bertz CT molecular complexity index is 892. The third-order valence-corrected chi connectivity index (χ3v) is 5.02. The van der Waals surface area contributed by atoms with Crippen molar-refractivity contribution in [1.29, 1.82) is 0 Å². The number of carbonyl (C=O) groups excluding carboxylic acids is 1. The predicted octanol–water partition coefficient (Wildman–Crippen LogP) is 3.85. The van der Waals surface area contributed by atoms with E-state index >= 15 is 0 Å². The van der Waals surface area contributed by atoms with Gasteiger partial charge in [0, 0.05) is 18.7 Å². The highest BCUT2D eigenvalue weighted by atomic mass is 16.1. The van der Waals surface area contributed by atoms with Crippen LogP contribution >= 0.6 is 0 Å². The Hall–Kier alpha value is -2.65. The minimum Gasteiger partial charge on any atom is -0.348 e. The van der Waals surface area contributed by atoms with Crippen LogP contribution in [0.2, 0.25) is 0 Å². The van der Waals surface area contributed by atoms with Crippen molar-refractivity contribution in [2.75, 3.05) is 13.1 Å². The summed E-state index contributed by atoms with van der Waals surface area (Å²) in [4.78, 5) is 12.8. The molecule has 0 saturated carbocycles. The maximum Gasteiger partial charge on any atom is 0.251 e. The van der Waals surface area contributed by atoms with Crippen LogP contribution in [0, 0.1) is 0 Å². The first-order valence-corrected chi connectivity index (χ1v) is 8.87. The number of hydrogen-bond donors (Lipinski definition) is 2. The summed E-state index contributed by atoms with van der Waals surface area (Å²) >= 11 is 0. The highest BCUT2D eigenvalue weighted by Gasteiger charge is 2.21. The Kier molecular flexibility index (Phi) is 4.49. The largest absolute Gasteiger partial charge is 0.348 e. The normalized spacial score (nSPS) is 16.9. The molecule has 1 atom stereocenters. The lowest BCUT2D eigenvalue weighted by molar-refractivity contribution is 0.0949. The standard InChI is InChI=1S/C22H22N2O/c25-22(21-11-4-3-10-20(21)18-12-13-23-14-18)24-15-17-8-5-7-16-6-1-2-9-19(16)17/h1-11,18,23H,12-15H2,(H,24,25)/t18-/m0/s1. The van der Waals surface area contributed by atoms with Gasteiger partial charge in [-0.05, 0) is 46.8 Å². The zero-order valence-corrected chi connectivity index (χ0v) is 14.2. The van der Waals surface area contributed by atoms with Crippen molar-refractivity contribution in [2.45, 2.75) is 18.9 Å². The Morgan fingerprint density at radius 3 is 2.68 bits per heavy atom. The van der Waals surface area contributed by atoms with Crippen molar-refractivity contribution in [3.05, 3.63) is 83.4 Å². The second kappa shape index (κ2) is 7.08. The molecule has 0 aliphatic carbocycles. The fraction of sp³-hybridized carbons (Fsp3) is 0.227. The molecule has 0 aromatic heterocycles. The molecule has 25 heavy (non-hydrogen) atoms. The summed E-state index contributed by atoms with van der Waals surface area (Å²) in [7, 11) is 0. The van der Waals surface area contributed by atoms with E-state index in [1.807, 2.05) is 36.4 Å². The maximum atomic E-state index is 12.8. The van der Waals surface area contributed by atoms with Crippen molar-refractivity contribution >= 4 is 16.7 Å². The van der Waals surface area contributed by atoms with E-state index in [9.17, 15) is 4.79 Å². The monoisotopic (exact) mass is 330 g/mol. The van der Waals surface area contributed by atoms with E-state index in [-0.39, 0.29) is 5.91 Å². The number of hydrogen-bond acceptors (Lipinski definition) is 2. The van der Waals surface area contributed by atoms with Crippen LogP contribution in [0.4, 0.5) is 0 Å². The van der Waals surface area contributed by atoms with Crippen LogP contribution in [-0.2, 0) is 6.54 Å². The highest BCUT2D eigenvalue weighted by Crippen LogP contribution is 2.26. The fourth-order valence-electron chi connectivity index (χ4n) is 3.70. The topological polar surface area (TPSA) is 41.1 Å². The zero-order valence-electron chi connectivity index (χ0n) is 14.2. The molecule has 0 unspecified atom stereocenters. The van der Waals surface area contributed by atoms with Crippen LogP contribution in [0.25, 0.3) is 10.8 Å². The van der Waals surface area contributed by atoms with E-state index in [1.165, 1.54) is 10.8 Å². The number of nitrogens with one attached hydrogen (secondary N) is 2. The van der Waals surface area contributed by atoms with Crippen LogP contribution in [0.5, 0.6) is 0 Å². The average Bonchev–Trinajstić information content (AvgIpc) is 3.21. The lowest BCUT2D eigenvalue weighted by atomic mass is 9.93. The van der Waals surface area contributed by atoms with E-state index in [0.717, 1.165) is 36.2 Å². The summed E-state index contributed by atoms with van der Waals surface area (Å²) in [5.74, 6) is 0.440. The van der Waals surface area contributed by atoms with E-state index < -0.39 is 0 Å². The van der Waals surface area contributed by atoms with Crippen LogP contribution in [0.15, 0.2) is 66.7 Å². The Morgan fingerprint density at radius 1 is 1.00 bits per heavy atom. The predicted molar refractivity (Wildman–Crippen MR) is 102 cm³/mol. The zero-order chi connectivity index (χ0) is 17.1. The molecule has 1 amide bonds. The molecule has 2 N–H and O–H groups in total. The Morgan fingerprint density at radius 2 is 1.80 bits per heavy atom. The van der Waals surface area contributed by atoms with Crippen molar-refractivity contribution in [1.82, 2.24) is 10.6 Å². The second-order valence-corrected chi connectivity index (χ2v) is 6.60. The summed E-state index contributed by atoms with van der Waals surface area (Å²) < 4.78 is 0. The van der Waals surface area contributed by atoms with Crippen LogP contribution < -0.4 is 10.6 Å². The molecule has 3 heteroatoms. The van der Waals surface area contributed by atoms with Gasteiger partial charge in [0.1, 0.15) is 0 Å². The van der Waals surface area contributed by atoms with Crippen molar-refractivity contribution in [2.24, 2.45) is 0 Å². The van der Waals surface area contributed by atoms with Gasteiger partial charge >= 0.3 is 0 Å².